The number of halogens is 1. The first-order chi connectivity index (χ1) is 9.02. The lowest BCUT2D eigenvalue weighted by molar-refractivity contribution is -0.141. The van der Waals surface area contributed by atoms with Crippen LogP contribution in [0.25, 0.3) is 0 Å². The van der Waals surface area contributed by atoms with Gasteiger partial charge < -0.3 is 14.7 Å². The smallest absolute Gasteiger partial charge is 0.326 e. The number of nitrogens with zero attached hydrogens (tertiary/aromatic N) is 1. The van der Waals surface area contributed by atoms with Crippen LogP contribution >= 0.6 is 11.6 Å². The van der Waals surface area contributed by atoms with Gasteiger partial charge in [-0.2, -0.15) is 0 Å². The molecule has 1 saturated heterocycles. The predicted octanol–water partition coefficient (Wildman–Crippen LogP) is 1.65. The highest BCUT2D eigenvalue weighted by atomic mass is 35.5. The van der Waals surface area contributed by atoms with Crippen LogP contribution in [0.5, 0.6) is 0 Å². The molecule has 1 amide bonds. The number of amides is 1. The molecular weight excluding hydrogens is 270 g/mol. The molecule has 0 aromatic heterocycles. The zero-order chi connectivity index (χ0) is 14.0. The van der Waals surface area contributed by atoms with Crippen LogP contribution in [0, 0.1) is 0 Å². The molecule has 5 nitrogen and oxygen atoms in total. The molecule has 6 heteroatoms. The Balaban J connectivity index is 2.24. The molecule has 0 saturated carbocycles. The summed E-state index contributed by atoms with van der Waals surface area (Å²) in [4.78, 5) is 24.8. The summed E-state index contributed by atoms with van der Waals surface area (Å²) >= 11 is 5.84. The Hall–Kier alpha value is -1.59. The highest BCUT2D eigenvalue weighted by molar-refractivity contribution is 6.31. The zero-order valence-electron chi connectivity index (χ0n) is 10.4. The number of aliphatic carboxylic acids is 1. The van der Waals surface area contributed by atoms with Gasteiger partial charge in [0.15, 0.2) is 0 Å². The Kier molecular flexibility index (Phi) is 4.07. The van der Waals surface area contributed by atoms with Gasteiger partial charge in [-0.3, -0.25) is 4.79 Å². The van der Waals surface area contributed by atoms with Gasteiger partial charge in [-0.15, -0.1) is 0 Å². The highest BCUT2D eigenvalue weighted by Crippen LogP contribution is 2.23. The van der Waals surface area contributed by atoms with E-state index in [-0.39, 0.29) is 18.6 Å². The van der Waals surface area contributed by atoms with E-state index in [1.54, 1.807) is 18.2 Å². The molecule has 1 aromatic rings. The normalized spacial score (nSPS) is 22.5. The van der Waals surface area contributed by atoms with Gasteiger partial charge in [0.1, 0.15) is 6.04 Å². The second-order valence-electron chi connectivity index (χ2n) is 4.42. The van der Waals surface area contributed by atoms with Gasteiger partial charge in [0, 0.05) is 30.7 Å². The maximum Gasteiger partial charge on any atom is 0.326 e. The van der Waals surface area contributed by atoms with Crippen molar-refractivity contribution in [3.63, 3.8) is 0 Å². The largest absolute Gasteiger partial charge is 0.480 e. The molecule has 102 valence electrons. The number of carboxylic acids is 1. The van der Waals surface area contributed by atoms with Crippen LogP contribution in [0.3, 0.4) is 0 Å². The lowest BCUT2D eigenvalue weighted by Gasteiger charge is -2.21. The Labute approximate surface area is 115 Å². The third kappa shape index (κ3) is 2.88. The summed E-state index contributed by atoms with van der Waals surface area (Å²) in [5, 5.41) is 9.62. The fraction of sp³-hybridized carbons (Fsp3) is 0.385. The van der Waals surface area contributed by atoms with E-state index >= 15 is 0 Å². The van der Waals surface area contributed by atoms with Crippen molar-refractivity contribution in [2.45, 2.75) is 18.6 Å². The standard InChI is InChI=1S/C13H14ClNO4/c1-19-10-6-11(13(17)18)15(7-10)12(16)8-3-2-4-9(14)5-8/h2-5,10-11H,6-7H2,1H3,(H,17,18). The maximum absolute atomic E-state index is 12.3. The van der Waals surface area contributed by atoms with Crippen LogP contribution in [0.4, 0.5) is 0 Å². The minimum atomic E-state index is -1.02. The first kappa shape index (κ1) is 13.8. The van der Waals surface area contributed by atoms with E-state index in [9.17, 15) is 14.7 Å². The summed E-state index contributed by atoms with van der Waals surface area (Å²) < 4.78 is 5.15. The van der Waals surface area contributed by atoms with Crippen molar-refractivity contribution < 1.29 is 19.4 Å². The van der Waals surface area contributed by atoms with E-state index in [2.05, 4.69) is 0 Å². The maximum atomic E-state index is 12.3. The molecule has 1 fully saturated rings. The van der Waals surface area contributed by atoms with Gasteiger partial charge in [-0.05, 0) is 18.2 Å². The predicted molar refractivity (Wildman–Crippen MR) is 69.3 cm³/mol. The van der Waals surface area contributed by atoms with E-state index in [0.717, 1.165) is 0 Å². The Morgan fingerprint density at radius 1 is 1.47 bits per heavy atom. The lowest BCUT2D eigenvalue weighted by Crippen LogP contribution is -2.40. The molecule has 0 bridgehead atoms. The fourth-order valence-electron chi connectivity index (χ4n) is 2.21. The van der Waals surface area contributed by atoms with Crippen LogP contribution in [0.15, 0.2) is 24.3 Å². The van der Waals surface area contributed by atoms with E-state index in [0.29, 0.717) is 17.0 Å². The number of rotatable bonds is 3. The van der Waals surface area contributed by atoms with Gasteiger partial charge in [-0.1, -0.05) is 17.7 Å². The van der Waals surface area contributed by atoms with Crippen molar-refractivity contribution in [2.24, 2.45) is 0 Å². The summed E-state index contributed by atoms with van der Waals surface area (Å²) in [5.74, 6) is -1.36. The molecule has 2 rings (SSSR count). The second-order valence-corrected chi connectivity index (χ2v) is 4.85. The number of methoxy groups -OCH3 is 1. The van der Waals surface area contributed by atoms with E-state index in [1.165, 1.54) is 18.1 Å². The number of ether oxygens (including phenoxy) is 1. The summed E-state index contributed by atoms with van der Waals surface area (Å²) in [7, 11) is 1.51. The summed E-state index contributed by atoms with van der Waals surface area (Å²) in [6.45, 7) is 0.277. The van der Waals surface area contributed by atoms with Crippen molar-refractivity contribution in [2.75, 3.05) is 13.7 Å². The van der Waals surface area contributed by atoms with E-state index < -0.39 is 12.0 Å². The van der Waals surface area contributed by atoms with E-state index in [1.807, 2.05) is 0 Å². The van der Waals surface area contributed by atoms with Crippen LogP contribution in [0.2, 0.25) is 5.02 Å². The molecule has 19 heavy (non-hydrogen) atoms. The van der Waals surface area contributed by atoms with Crippen molar-refractivity contribution in [3.05, 3.63) is 34.9 Å². The number of likely N-dealkylation sites (tertiary alicyclic amines) is 1. The van der Waals surface area contributed by atoms with Gasteiger partial charge in [-0.25, -0.2) is 4.79 Å². The molecule has 1 aliphatic heterocycles. The third-order valence-corrected chi connectivity index (χ3v) is 3.45. The van der Waals surface area contributed by atoms with Crippen molar-refractivity contribution in [1.82, 2.24) is 4.90 Å². The molecule has 0 spiro atoms. The topological polar surface area (TPSA) is 66.8 Å². The molecule has 1 aliphatic rings. The Morgan fingerprint density at radius 2 is 2.21 bits per heavy atom. The highest BCUT2D eigenvalue weighted by Gasteiger charge is 2.40. The number of hydrogen-bond acceptors (Lipinski definition) is 3. The number of hydrogen-bond donors (Lipinski definition) is 1. The third-order valence-electron chi connectivity index (χ3n) is 3.21. The molecule has 0 radical (unpaired) electrons. The van der Waals surface area contributed by atoms with Crippen LogP contribution in [-0.4, -0.2) is 47.7 Å². The number of carbonyl (C=O) groups excluding carboxylic acids is 1. The van der Waals surface area contributed by atoms with Crippen molar-refractivity contribution >= 4 is 23.5 Å². The minimum Gasteiger partial charge on any atom is -0.480 e. The minimum absolute atomic E-state index is 0.246. The van der Waals surface area contributed by atoms with Crippen LogP contribution < -0.4 is 0 Å². The van der Waals surface area contributed by atoms with Crippen molar-refractivity contribution in [1.29, 1.82) is 0 Å². The fourth-order valence-corrected chi connectivity index (χ4v) is 2.40. The van der Waals surface area contributed by atoms with Gasteiger partial charge >= 0.3 is 5.97 Å². The second kappa shape index (κ2) is 5.59. The van der Waals surface area contributed by atoms with Gasteiger partial charge in [0.05, 0.1) is 6.10 Å². The summed E-state index contributed by atoms with van der Waals surface area (Å²) in [5.41, 5.74) is 0.385. The summed E-state index contributed by atoms with van der Waals surface area (Å²) in [6.07, 6.45) is 0.0576. The number of benzene rings is 1. The molecule has 2 unspecified atom stereocenters. The van der Waals surface area contributed by atoms with Gasteiger partial charge in [0.25, 0.3) is 5.91 Å². The number of carboxylic acid groups (broad SMARTS) is 1. The average Bonchev–Trinajstić information content (AvgIpc) is 2.82. The lowest BCUT2D eigenvalue weighted by atomic mass is 10.1. The molecule has 1 aromatic carbocycles. The quantitative estimate of drug-likeness (QED) is 0.916. The molecule has 1 N–H and O–H groups in total. The average molecular weight is 284 g/mol. The first-order valence-corrected chi connectivity index (χ1v) is 6.23. The Bertz CT molecular complexity index is 505. The molecule has 2 atom stereocenters. The SMILES string of the molecule is COC1CC(C(=O)O)N(C(=O)c2cccc(Cl)c2)C1. The summed E-state index contributed by atoms with van der Waals surface area (Å²) in [6, 6.07) is 5.62. The van der Waals surface area contributed by atoms with Gasteiger partial charge in [0.2, 0.25) is 0 Å². The first-order valence-electron chi connectivity index (χ1n) is 5.85. The molecule has 1 heterocycles. The van der Waals surface area contributed by atoms with E-state index in [4.69, 9.17) is 16.3 Å². The van der Waals surface area contributed by atoms with Crippen molar-refractivity contribution in [3.8, 4) is 0 Å². The molecule has 0 aliphatic carbocycles. The zero-order valence-corrected chi connectivity index (χ0v) is 11.1. The number of carbonyl (C=O) groups is 2. The van der Waals surface area contributed by atoms with Crippen LogP contribution in [0.1, 0.15) is 16.8 Å². The monoisotopic (exact) mass is 283 g/mol. The van der Waals surface area contributed by atoms with Crippen LogP contribution in [-0.2, 0) is 9.53 Å². The molecular formula is C13H14ClNO4. The Morgan fingerprint density at radius 3 is 2.79 bits per heavy atom.